The number of imide groups is 2. The molecular weight excluding hydrogens is 460 g/mol. The van der Waals surface area contributed by atoms with Crippen LogP contribution in [-0.2, 0) is 0 Å². The van der Waals surface area contributed by atoms with Gasteiger partial charge in [-0.25, -0.2) is 0 Å². The number of ether oxygens (including phenoxy) is 2. The largest absolute Gasteiger partial charge is 0.494 e. The summed E-state index contributed by atoms with van der Waals surface area (Å²) >= 11 is 0. The summed E-state index contributed by atoms with van der Waals surface area (Å²) in [5.74, 6) is 0.242. The second-order valence-electron chi connectivity index (χ2n) is 8.49. The normalized spacial score (nSPS) is 14.3. The topological polar surface area (TPSA) is 93.2 Å². The first kappa shape index (κ1) is 23.3. The maximum Gasteiger partial charge on any atom is 0.261 e. The third-order valence-electron chi connectivity index (χ3n) is 6.17. The van der Waals surface area contributed by atoms with Crippen LogP contribution in [0, 0.1) is 0 Å². The van der Waals surface area contributed by atoms with Crippen molar-refractivity contribution in [3.8, 4) is 11.5 Å². The van der Waals surface area contributed by atoms with Gasteiger partial charge in [0.25, 0.3) is 23.6 Å². The predicted octanol–water partition coefficient (Wildman–Crippen LogP) is 3.82. The van der Waals surface area contributed by atoms with Crippen molar-refractivity contribution < 1.29 is 28.7 Å². The number of fused-ring (bicyclic) bond motifs is 2. The van der Waals surface area contributed by atoms with Crippen LogP contribution in [0.1, 0.15) is 54.3 Å². The van der Waals surface area contributed by atoms with Gasteiger partial charge in [0, 0.05) is 13.1 Å². The van der Waals surface area contributed by atoms with Crippen LogP contribution in [0.2, 0.25) is 0 Å². The minimum absolute atomic E-state index is 0.264. The molecule has 0 spiro atoms. The maximum absolute atomic E-state index is 12.4. The molecule has 0 unspecified atom stereocenters. The van der Waals surface area contributed by atoms with Gasteiger partial charge in [-0.3, -0.25) is 29.0 Å². The Labute approximate surface area is 208 Å². The van der Waals surface area contributed by atoms with E-state index in [1.165, 1.54) is 9.80 Å². The van der Waals surface area contributed by atoms with E-state index in [2.05, 4.69) is 0 Å². The highest BCUT2D eigenvalue weighted by molar-refractivity contribution is 6.22. The Hall–Kier alpha value is -4.46. The summed E-state index contributed by atoms with van der Waals surface area (Å²) in [6.07, 6.45) is 1.03. The SMILES string of the molecule is O=C1c2ccccc2C(=O)N1CCCOc1ccc(OCCCN2C(=O)c3ccccc3C2=O)cc1. The minimum atomic E-state index is -0.264. The molecule has 182 valence electrons. The van der Waals surface area contributed by atoms with Gasteiger partial charge >= 0.3 is 0 Å². The van der Waals surface area contributed by atoms with E-state index >= 15 is 0 Å². The van der Waals surface area contributed by atoms with Gasteiger partial charge in [0.2, 0.25) is 0 Å². The van der Waals surface area contributed by atoms with Crippen molar-refractivity contribution in [3.63, 3.8) is 0 Å². The molecule has 5 rings (SSSR count). The first-order chi connectivity index (χ1) is 17.5. The number of carbonyl (C=O) groups excluding carboxylic acids is 4. The molecule has 2 aliphatic heterocycles. The second kappa shape index (κ2) is 10.0. The monoisotopic (exact) mass is 484 g/mol. The van der Waals surface area contributed by atoms with Gasteiger partial charge in [0.15, 0.2) is 0 Å². The average molecular weight is 485 g/mol. The first-order valence-electron chi connectivity index (χ1n) is 11.8. The van der Waals surface area contributed by atoms with Crippen molar-refractivity contribution in [2.75, 3.05) is 26.3 Å². The van der Waals surface area contributed by atoms with Crippen LogP contribution >= 0.6 is 0 Å². The van der Waals surface area contributed by atoms with Crippen molar-refractivity contribution in [1.29, 1.82) is 0 Å². The lowest BCUT2D eigenvalue weighted by molar-refractivity contribution is 0.0630. The Morgan fingerprint density at radius 3 is 1.08 bits per heavy atom. The lowest BCUT2D eigenvalue weighted by Gasteiger charge is -2.15. The standard InChI is InChI=1S/C28H24N2O6/c31-25-21-7-1-2-8-22(21)26(32)29(25)15-5-17-35-19-11-13-20(14-12-19)36-18-6-16-30-27(33)23-9-3-4-10-24(23)28(30)34/h1-4,7-14H,5-6,15-18H2. The molecule has 8 heteroatoms. The van der Waals surface area contributed by atoms with E-state index in [-0.39, 0.29) is 23.6 Å². The highest BCUT2D eigenvalue weighted by atomic mass is 16.5. The molecule has 0 saturated heterocycles. The molecule has 0 N–H and O–H groups in total. The molecule has 2 aliphatic rings. The highest BCUT2D eigenvalue weighted by Crippen LogP contribution is 2.24. The molecule has 0 radical (unpaired) electrons. The van der Waals surface area contributed by atoms with Crippen LogP contribution in [0.4, 0.5) is 0 Å². The molecule has 0 saturated carbocycles. The number of hydrogen-bond donors (Lipinski definition) is 0. The number of hydrogen-bond acceptors (Lipinski definition) is 6. The van der Waals surface area contributed by atoms with E-state index in [1.807, 2.05) is 0 Å². The fraction of sp³-hybridized carbons (Fsp3) is 0.214. The van der Waals surface area contributed by atoms with Crippen LogP contribution in [0.5, 0.6) is 11.5 Å². The van der Waals surface area contributed by atoms with E-state index in [1.54, 1.807) is 72.8 Å². The van der Waals surface area contributed by atoms with Crippen molar-refractivity contribution in [1.82, 2.24) is 9.80 Å². The molecule has 3 aromatic rings. The van der Waals surface area contributed by atoms with Crippen LogP contribution < -0.4 is 9.47 Å². The zero-order valence-corrected chi connectivity index (χ0v) is 19.5. The minimum Gasteiger partial charge on any atom is -0.494 e. The number of rotatable bonds is 10. The zero-order valence-electron chi connectivity index (χ0n) is 19.5. The summed E-state index contributed by atoms with van der Waals surface area (Å²) in [5, 5.41) is 0. The van der Waals surface area contributed by atoms with Crippen molar-refractivity contribution in [2.24, 2.45) is 0 Å². The Balaban J connectivity index is 1.02. The van der Waals surface area contributed by atoms with Crippen LogP contribution in [0.25, 0.3) is 0 Å². The van der Waals surface area contributed by atoms with Gasteiger partial charge < -0.3 is 9.47 Å². The fourth-order valence-electron chi connectivity index (χ4n) is 4.34. The van der Waals surface area contributed by atoms with E-state index in [0.717, 1.165) is 0 Å². The van der Waals surface area contributed by atoms with Gasteiger partial charge in [-0.2, -0.15) is 0 Å². The molecule has 36 heavy (non-hydrogen) atoms. The van der Waals surface area contributed by atoms with E-state index in [4.69, 9.17) is 9.47 Å². The van der Waals surface area contributed by atoms with Crippen molar-refractivity contribution in [2.45, 2.75) is 12.8 Å². The predicted molar refractivity (Wildman–Crippen MR) is 130 cm³/mol. The average Bonchev–Trinajstić information content (AvgIpc) is 3.30. The highest BCUT2D eigenvalue weighted by Gasteiger charge is 2.35. The van der Waals surface area contributed by atoms with Crippen LogP contribution in [0.15, 0.2) is 72.8 Å². The van der Waals surface area contributed by atoms with Crippen molar-refractivity contribution in [3.05, 3.63) is 95.1 Å². The smallest absolute Gasteiger partial charge is 0.261 e. The Morgan fingerprint density at radius 2 is 0.778 bits per heavy atom. The molecule has 0 atom stereocenters. The number of amides is 4. The fourth-order valence-corrected chi connectivity index (χ4v) is 4.34. The molecule has 4 amide bonds. The third kappa shape index (κ3) is 4.45. The molecule has 3 aromatic carbocycles. The van der Waals surface area contributed by atoms with Gasteiger partial charge in [-0.1, -0.05) is 24.3 Å². The third-order valence-corrected chi connectivity index (χ3v) is 6.17. The molecule has 0 bridgehead atoms. The summed E-state index contributed by atoms with van der Waals surface area (Å²) in [6.45, 7) is 1.29. The summed E-state index contributed by atoms with van der Waals surface area (Å²) in [7, 11) is 0. The Bertz CT molecular complexity index is 1160. The number of carbonyl (C=O) groups is 4. The summed E-state index contributed by atoms with van der Waals surface area (Å²) in [6, 6.07) is 20.8. The molecular formula is C28H24N2O6. The van der Waals surface area contributed by atoms with Crippen LogP contribution in [0.3, 0.4) is 0 Å². The van der Waals surface area contributed by atoms with E-state index in [0.29, 0.717) is 72.9 Å². The van der Waals surface area contributed by atoms with Gasteiger partial charge in [0.1, 0.15) is 11.5 Å². The quantitative estimate of drug-likeness (QED) is 0.321. The van der Waals surface area contributed by atoms with Crippen LogP contribution in [-0.4, -0.2) is 59.7 Å². The molecule has 0 aliphatic carbocycles. The lowest BCUT2D eigenvalue weighted by Crippen LogP contribution is -2.31. The maximum atomic E-state index is 12.4. The summed E-state index contributed by atoms with van der Waals surface area (Å²) in [4.78, 5) is 52.1. The Morgan fingerprint density at radius 1 is 0.472 bits per heavy atom. The number of benzene rings is 3. The van der Waals surface area contributed by atoms with Gasteiger partial charge in [0.05, 0.1) is 35.5 Å². The molecule has 2 heterocycles. The summed E-state index contributed by atoms with van der Waals surface area (Å²) in [5.41, 5.74) is 1.79. The second-order valence-corrected chi connectivity index (χ2v) is 8.49. The lowest BCUT2D eigenvalue weighted by atomic mass is 10.1. The van der Waals surface area contributed by atoms with Gasteiger partial charge in [-0.05, 0) is 61.4 Å². The van der Waals surface area contributed by atoms with Gasteiger partial charge in [-0.15, -0.1) is 0 Å². The van der Waals surface area contributed by atoms with E-state index < -0.39 is 0 Å². The first-order valence-corrected chi connectivity index (χ1v) is 11.8. The van der Waals surface area contributed by atoms with E-state index in [9.17, 15) is 19.2 Å². The number of nitrogens with zero attached hydrogens (tertiary/aromatic N) is 2. The summed E-state index contributed by atoms with van der Waals surface area (Å²) < 4.78 is 11.5. The molecule has 0 fully saturated rings. The molecule has 8 nitrogen and oxygen atoms in total. The van der Waals surface area contributed by atoms with Crippen molar-refractivity contribution >= 4 is 23.6 Å². The Kier molecular flexibility index (Phi) is 6.49. The molecule has 0 aromatic heterocycles. The zero-order chi connectivity index (χ0) is 25.1.